The molecule has 23 heavy (non-hydrogen) atoms. The van der Waals surface area contributed by atoms with E-state index in [1.165, 1.54) is 78.2 Å². The van der Waals surface area contributed by atoms with Crippen LogP contribution in [-0.4, -0.2) is 7.05 Å². The number of allylic oxidation sites excluding steroid dienone is 2. The molecule has 2 aromatic rings. The zero-order valence-corrected chi connectivity index (χ0v) is 14.9. The summed E-state index contributed by atoms with van der Waals surface area (Å²) in [5, 5.41) is 2.77. The van der Waals surface area contributed by atoms with Crippen molar-refractivity contribution in [3.63, 3.8) is 0 Å². The fraction of sp³-hybridized carbons (Fsp3) is 0.455. The quantitative estimate of drug-likeness (QED) is 0.510. The molecule has 0 N–H and O–H groups in total. The molecular weight excluding hydrogens is 278 g/mol. The molecule has 1 heteroatoms. The summed E-state index contributed by atoms with van der Waals surface area (Å²) in [6.45, 7) is 4.58. The molecule has 0 amide bonds. The number of unbranched alkanes of at least 4 members (excludes halogenated alkanes) is 5. The van der Waals surface area contributed by atoms with E-state index < -0.39 is 0 Å². The highest BCUT2D eigenvalue weighted by Gasteiger charge is 2.21. The van der Waals surface area contributed by atoms with Gasteiger partial charge in [0, 0.05) is 23.8 Å². The highest BCUT2D eigenvalue weighted by Crippen LogP contribution is 2.41. The third kappa shape index (κ3) is 3.15. The molecule has 1 aliphatic heterocycles. The maximum Gasteiger partial charge on any atom is 0.0491 e. The van der Waals surface area contributed by atoms with Gasteiger partial charge in [0.25, 0.3) is 0 Å². The summed E-state index contributed by atoms with van der Waals surface area (Å²) in [7, 11) is 2.24. The highest BCUT2D eigenvalue weighted by atomic mass is 15.1. The molecule has 1 heterocycles. The van der Waals surface area contributed by atoms with Gasteiger partial charge >= 0.3 is 0 Å². The molecule has 2 aromatic carbocycles. The van der Waals surface area contributed by atoms with Crippen LogP contribution in [0.3, 0.4) is 0 Å². The van der Waals surface area contributed by atoms with Crippen LogP contribution in [0.15, 0.2) is 42.1 Å². The van der Waals surface area contributed by atoms with Crippen molar-refractivity contribution < 1.29 is 0 Å². The van der Waals surface area contributed by atoms with Crippen molar-refractivity contribution in [1.29, 1.82) is 0 Å². The Bertz CT molecular complexity index is 706. The van der Waals surface area contributed by atoms with Gasteiger partial charge in [-0.2, -0.15) is 0 Å². The van der Waals surface area contributed by atoms with Crippen LogP contribution in [-0.2, 0) is 0 Å². The summed E-state index contributed by atoms with van der Waals surface area (Å²) in [4.78, 5) is 2.43. The first kappa shape index (κ1) is 16.1. The van der Waals surface area contributed by atoms with Gasteiger partial charge in [-0.25, -0.2) is 0 Å². The van der Waals surface area contributed by atoms with Crippen molar-refractivity contribution in [3.8, 4) is 0 Å². The molecular formula is C22H29N. The van der Waals surface area contributed by atoms with Crippen molar-refractivity contribution in [2.45, 2.75) is 58.8 Å². The van der Waals surface area contributed by atoms with Crippen LogP contribution in [0.5, 0.6) is 0 Å². The van der Waals surface area contributed by atoms with Gasteiger partial charge in [-0.3, -0.25) is 0 Å². The molecule has 0 bridgehead atoms. The SMILES string of the molecule is CCCCCCCCC1=C(C)c2cccc3cccc(c23)N1C. The maximum atomic E-state index is 2.43. The lowest BCUT2D eigenvalue weighted by atomic mass is 9.91. The normalized spacial score (nSPS) is 14.0. The van der Waals surface area contributed by atoms with Crippen molar-refractivity contribution in [2.24, 2.45) is 0 Å². The van der Waals surface area contributed by atoms with Gasteiger partial charge in [-0.05, 0) is 42.4 Å². The molecule has 0 aromatic heterocycles. The van der Waals surface area contributed by atoms with Crippen molar-refractivity contribution in [1.82, 2.24) is 0 Å². The molecule has 0 saturated carbocycles. The minimum Gasteiger partial charge on any atom is -0.347 e. The van der Waals surface area contributed by atoms with Crippen molar-refractivity contribution in [2.75, 3.05) is 11.9 Å². The van der Waals surface area contributed by atoms with E-state index in [2.05, 4.69) is 62.2 Å². The summed E-state index contributed by atoms with van der Waals surface area (Å²) in [5.74, 6) is 0. The fourth-order valence-electron chi connectivity index (χ4n) is 3.89. The molecule has 0 atom stereocenters. The van der Waals surface area contributed by atoms with Gasteiger partial charge in [-0.15, -0.1) is 0 Å². The summed E-state index contributed by atoms with van der Waals surface area (Å²) in [6, 6.07) is 13.4. The predicted octanol–water partition coefficient (Wildman–Crippen LogP) is 6.77. The lowest BCUT2D eigenvalue weighted by molar-refractivity contribution is 0.604. The Kier molecular flexibility index (Phi) is 5.05. The molecule has 122 valence electrons. The van der Waals surface area contributed by atoms with Gasteiger partial charge in [0.15, 0.2) is 0 Å². The molecule has 0 radical (unpaired) electrons. The number of hydrogen-bond donors (Lipinski definition) is 0. The molecule has 0 unspecified atom stereocenters. The molecule has 1 nitrogen and oxygen atoms in total. The number of nitrogens with zero attached hydrogens (tertiary/aromatic N) is 1. The van der Waals surface area contributed by atoms with Gasteiger partial charge in [0.2, 0.25) is 0 Å². The zero-order valence-electron chi connectivity index (χ0n) is 14.9. The first-order valence-electron chi connectivity index (χ1n) is 9.19. The second-order valence-electron chi connectivity index (χ2n) is 6.83. The largest absolute Gasteiger partial charge is 0.347 e. The van der Waals surface area contributed by atoms with Crippen LogP contribution < -0.4 is 4.90 Å². The van der Waals surface area contributed by atoms with Gasteiger partial charge in [0.1, 0.15) is 0 Å². The second kappa shape index (κ2) is 7.21. The van der Waals surface area contributed by atoms with E-state index >= 15 is 0 Å². The third-order valence-electron chi connectivity index (χ3n) is 5.25. The van der Waals surface area contributed by atoms with Gasteiger partial charge < -0.3 is 4.90 Å². The van der Waals surface area contributed by atoms with Gasteiger partial charge in [-0.1, -0.05) is 69.4 Å². The highest BCUT2D eigenvalue weighted by molar-refractivity contribution is 6.06. The average molecular weight is 307 g/mol. The van der Waals surface area contributed by atoms with E-state index in [1.807, 2.05) is 0 Å². The monoisotopic (exact) mass is 307 g/mol. The number of hydrogen-bond acceptors (Lipinski definition) is 1. The number of anilines is 1. The topological polar surface area (TPSA) is 3.24 Å². The Morgan fingerprint density at radius 3 is 2.35 bits per heavy atom. The van der Waals surface area contributed by atoms with Crippen LogP contribution in [0.25, 0.3) is 16.3 Å². The van der Waals surface area contributed by atoms with Crippen LogP contribution in [0, 0.1) is 0 Å². The molecule has 0 aliphatic carbocycles. The standard InChI is InChI=1S/C22H29N/c1-4-5-6-7-8-9-15-20-17(2)19-14-10-12-18-13-11-16-21(22(18)19)23(20)3/h10-14,16H,4-9,15H2,1-3H3. The maximum absolute atomic E-state index is 2.43. The van der Waals surface area contributed by atoms with Crippen LogP contribution in [0.2, 0.25) is 0 Å². The molecule has 3 rings (SSSR count). The average Bonchev–Trinajstić information content (AvgIpc) is 2.58. The predicted molar refractivity (Wildman–Crippen MR) is 103 cm³/mol. The summed E-state index contributed by atoms with van der Waals surface area (Å²) >= 11 is 0. The van der Waals surface area contributed by atoms with Crippen molar-refractivity contribution in [3.05, 3.63) is 47.7 Å². The van der Waals surface area contributed by atoms with Crippen LogP contribution >= 0.6 is 0 Å². The third-order valence-corrected chi connectivity index (χ3v) is 5.25. The van der Waals surface area contributed by atoms with E-state index in [4.69, 9.17) is 0 Å². The minimum absolute atomic E-state index is 1.19. The first-order valence-corrected chi connectivity index (χ1v) is 9.19. The van der Waals surface area contributed by atoms with E-state index in [0.29, 0.717) is 0 Å². The zero-order chi connectivity index (χ0) is 16.2. The summed E-state index contributed by atoms with van der Waals surface area (Å²) in [5.41, 5.74) is 5.76. The molecule has 0 spiro atoms. The lowest BCUT2D eigenvalue weighted by Crippen LogP contribution is -2.21. The minimum atomic E-state index is 1.19. The van der Waals surface area contributed by atoms with E-state index in [0.717, 1.165) is 0 Å². The van der Waals surface area contributed by atoms with Crippen LogP contribution in [0.4, 0.5) is 5.69 Å². The van der Waals surface area contributed by atoms with E-state index in [1.54, 1.807) is 0 Å². The lowest BCUT2D eigenvalue weighted by Gasteiger charge is -2.32. The second-order valence-corrected chi connectivity index (χ2v) is 6.83. The fourth-order valence-corrected chi connectivity index (χ4v) is 3.89. The Hall–Kier alpha value is -1.76. The van der Waals surface area contributed by atoms with E-state index in [-0.39, 0.29) is 0 Å². The molecule has 1 aliphatic rings. The Morgan fingerprint density at radius 2 is 1.57 bits per heavy atom. The van der Waals surface area contributed by atoms with Gasteiger partial charge in [0.05, 0.1) is 0 Å². The smallest absolute Gasteiger partial charge is 0.0491 e. The van der Waals surface area contributed by atoms with E-state index in [9.17, 15) is 0 Å². The summed E-state index contributed by atoms with van der Waals surface area (Å²) < 4.78 is 0. The van der Waals surface area contributed by atoms with Crippen molar-refractivity contribution >= 4 is 22.0 Å². The number of rotatable bonds is 7. The Balaban J connectivity index is 1.80. The molecule has 0 fully saturated rings. The Labute approximate surface area is 141 Å². The van der Waals surface area contributed by atoms with Crippen LogP contribution in [0.1, 0.15) is 64.4 Å². The number of benzene rings is 2. The summed E-state index contributed by atoms with van der Waals surface area (Å²) in [6.07, 6.45) is 9.35. The first-order chi connectivity index (χ1) is 11.2. The Morgan fingerprint density at radius 1 is 0.870 bits per heavy atom. The molecule has 0 saturated heterocycles.